The Morgan fingerprint density at radius 3 is 2.81 bits per heavy atom. The van der Waals surface area contributed by atoms with Crippen molar-refractivity contribution in [2.75, 3.05) is 20.3 Å². The maximum atomic E-state index is 5.48. The van der Waals surface area contributed by atoms with Gasteiger partial charge < -0.3 is 14.8 Å². The number of benzene rings is 1. The Labute approximate surface area is 130 Å². The molecule has 112 valence electrons. The van der Waals surface area contributed by atoms with E-state index in [9.17, 15) is 0 Å². The first-order chi connectivity index (χ1) is 10.2. The average Bonchev–Trinajstić information content (AvgIpc) is 2.51. The molecule has 0 spiro atoms. The number of methoxy groups -OCH3 is 1. The quantitative estimate of drug-likeness (QED) is 0.334. The highest BCUT2D eigenvalue weighted by molar-refractivity contribution is 7.80. The number of ether oxygens (including phenoxy) is 2. The molecule has 0 aromatic heterocycles. The molecule has 1 aromatic rings. The van der Waals surface area contributed by atoms with Crippen LogP contribution in [0.15, 0.2) is 48.6 Å². The van der Waals surface area contributed by atoms with E-state index in [1.54, 1.807) is 25.5 Å². The lowest BCUT2D eigenvalue weighted by Crippen LogP contribution is -2.31. The van der Waals surface area contributed by atoms with E-state index in [1.165, 1.54) is 0 Å². The summed E-state index contributed by atoms with van der Waals surface area (Å²) in [7, 11) is 1.59. The van der Waals surface area contributed by atoms with E-state index >= 15 is 0 Å². The van der Waals surface area contributed by atoms with Crippen molar-refractivity contribution in [1.29, 1.82) is 0 Å². The minimum Gasteiger partial charge on any atom is -0.493 e. The number of rotatable bonds is 8. The van der Waals surface area contributed by atoms with Crippen LogP contribution in [0.5, 0.6) is 11.5 Å². The van der Waals surface area contributed by atoms with Gasteiger partial charge in [-0.1, -0.05) is 18.7 Å². The minimum atomic E-state index is 0.425. The van der Waals surface area contributed by atoms with Crippen LogP contribution in [0, 0.1) is 0 Å². The van der Waals surface area contributed by atoms with Crippen molar-refractivity contribution in [2.24, 2.45) is 5.10 Å². The van der Waals surface area contributed by atoms with Crippen molar-refractivity contribution in [1.82, 2.24) is 10.7 Å². The van der Waals surface area contributed by atoms with Gasteiger partial charge in [-0.05, 0) is 36.0 Å². The molecule has 0 saturated heterocycles. The molecule has 1 rings (SSSR count). The fourth-order valence-corrected chi connectivity index (χ4v) is 1.54. The Balaban J connectivity index is 2.64. The molecule has 1 aromatic carbocycles. The SMILES string of the molecule is C=CCNC(=S)N/N=C\c1ccc(OCC=C)c(OC)c1. The molecule has 0 radical (unpaired) electrons. The zero-order chi connectivity index (χ0) is 15.5. The fourth-order valence-electron chi connectivity index (χ4n) is 1.40. The standard InChI is InChI=1S/C15H19N3O2S/c1-4-8-16-15(21)18-17-11-12-6-7-13(20-9-5-2)14(10-12)19-3/h4-7,10-11H,1-2,8-9H2,3H3,(H2,16,18,21)/b17-11-. The highest BCUT2D eigenvalue weighted by Gasteiger charge is 2.04. The summed E-state index contributed by atoms with van der Waals surface area (Å²) in [5, 5.41) is 7.38. The number of thiocarbonyl (C=S) groups is 1. The first-order valence-corrected chi connectivity index (χ1v) is 6.71. The van der Waals surface area contributed by atoms with E-state index in [-0.39, 0.29) is 0 Å². The zero-order valence-electron chi connectivity index (χ0n) is 12.0. The van der Waals surface area contributed by atoms with E-state index in [0.717, 1.165) is 5.56 Å². The van der Waals surface area contributed by atoms with Crippen molar-refractivity contribution >= 4 is 23.5 Å². The molecule has 0 fully saturated rings. The lowest BCUT2D eigenvalue weighted by molar-refractivity contribution is 0.326. The monoisotopic (exact) mass is 305 g/mol. The highest BCUT2D eigenvalue weighted by Crippen LogP contribution is 2.27. The van der Waals surface area contributed by atoms with Gasteiger partial charge in [0.15, 0.2) is 16.6 Å². The maximum Gasteiger partial charge on any atom is 0.187 e. The molecule has 0 amide bonds. The van der Waals surface area contributed by atoms with Crippen molar-refractivity contribution < 1.29 is 9.47 Å². The summed E-state index contributed by atoms with van der Waals surface area (Å²) in [4.78, 5) is 0. The normalized spacial score (nSPS) is 9.95. The second kappa shape index (κ2) is 9.55. The highest BCUT2D eigenvalue weighted by atomic mass is 32.1. The first-order valence-electron chi connectivity index (χ1n) is 6.30. The average molecular weight is 305 g/mol. The van der Waals surface area contributed by atoms with Crippen LogP contribution in [0.4, 0.5) is 0 Å². The van der Waals surface area contributed by atoms with Gasteiger partial charge in [0.25, 0.3) is 0 Å². The third-order valence-corrected chi connectivity index (χ3v) is 2.57. The maximum absolute atomic E-state index is 5.48. The number of hydrogen-bond acceptors (Lipinski definition) is 4. The van der Waals surface area contributed by atoms with Crippen LogP contribution in [0.1, 0.15) is 5.56 Å². The van der Waals surface area contributed by atoms with Crippen molar-refractivity contribution in [3.05, 3.63) is 49.1 Å². The molecule has 6 heteroatoms. The van der Waals surface area contributed by atoms with Crippen LogP contribution in [0.2, 0.25) is 0 Å². The van der Waals surface area contributed by atoms with Crippen LogP contribution in [0.25, 0.3) is 0 Å². The van der Waals surface area contributed by atoms with Gasteiger partial charge in [-0.15, -0.1) is 6.58 Å². The van der Waals surface area contributed by atoms with Gasteiger partial charge in [0.05, 0.1) is 13.3 Å². The van der Waals surface area contributed by atoms with E-state index in [4.69, 9.17) is 21.7 Å². The Morgan fingerprint density at radius 1 is 1.33 bits per heavy atom. The zero-order valence-corrected chi connectivity index (χ0v) is 12.8. The van der Waals surface area contributed by atoms with Gasteiger partial charge in [-0.25, -0.2) is 0 Å². The van der Waals surface area contributed by atoms with Gasteiger partial charge in [0.1, 0.15) is 6.61 Å². The van der Waals surface area contributed by atoms with Crippen LogP contribution < -0.4 is 20.2 Å². The lowest BCUT2D eigenvalue weighted by Gasteiger charge is -2.09. The Bertz CT molecular complexity index is 530. The Hall–Kier alpha value is -2.34. The summed E-state index contributed by atoms with van der Waals surface area (Å²) in [6.07, 6.45) is 5.03. The summed E-state index contributed by atoms with van der Waals surface area (Å²) >= 11 is 5.01. The largest absolute Gasteiger partial charge is 0.493 e. The van der Waals surface area contributed by atoms with Crippen LogP contribution >= 0.6 is 12.2 Å². The summed E-state index contributed by atoms with van der Waals surface area (Å²) in [6.45, 7) is 8.21. The molecular weight excluding hydrogens is 286 g/mol. The molecule has 0 saturated carbocycles. The second-order valence-electron chi connectivity index (χ2n) is 3.88. The molecule has 21 heavy (non-hydrogen) atoms. The molecule has 0 aliphatic carbocycles. The Kier molecular flexibility index (Phi) is 7.60. The predicted molar refractivity (Wildman–Crippen MR) is 90.2 cm³/mol. The van der Waals surface area contributed by atoms with Gasteiger partial charge in [0.2, 0.25) is 0 Å². The second-order valence-corrected chi connectivity index (χ2v) is 4.29. The molecule has 0 atom stereocenters. The molecule has 0 unspecified atom stereocenters. The van der Waals surface area contributed by atoms with Gasteiger partial charge >= 0.3 is 0 Å². The molecule has 0 bridgehead atoms. The number of hydrogen-bond donors (Lipinski definition) is 2. The lowest BCUT2D eigenvalue weighted by atomic mass is 10.2. The van der Waals surface area contributed by atoms with E-state index in [2.05, 4.69) is 29.0 Å². The van der Waals surface area contributed by atoms with Crippen molar-refractivity contribution in [3.8, 4) is 11.5 Å². The summed E-state index contributed by atoms with van der Waals surface area (Å²) < 4.78 is 10.7. The van der Waals surface area contributed by atoms with E-state index < -0.39 is 0 Å². The van der Waals surface area contributed by atoms with Crippen molar-refractivity contribution in [3.63, 3.8) is 0 Å². The number of nitrogens with one attached hydrogen (secondary N) is 2. The molecule has 0 aliphatic heterocycles. The van der Waals surface area contributed by atoms with Crippen molar-refractivity contribution in [2.45, 2.75) is 0 Å². The van der Waals surface area contributed by atoms with Crippen LogP contribution in [-0.2, 0) is 0 Å². The predicted octanol–water partition coefficient (Wildman–Crippen LogP) is 2.24. The summed E-state index contributed by atoms with van der Waals surface area (Å²) in [5.41, 5.74) is 3.57. The molecule has 0 heterocycles. The minimum absolute atomic E-state index is 0.425. The third-order valence-electron chi connectivity index (χ3n) is 2.33. The Morgan fingerprint density at radius 2 is 2.14 bits per heavy atom. The van der Waals surface area contributed by atoms with Crippen LogP contribution in [0.3, 0.4) is 0 Å². The third kappa shape index (κ3) is 6.09. The summed E-state index contributed by atoms with van der Waals surface area (Å²) in [6, 6.07) is 5.51. The van der Waals surface area contributed by atoms with E-state index in [1.807, 2.05) is 18.2 Å². The number of hydrazone groups is 1. The van der Waals surface area contributed by atoms with E-state index in [0.29, 0.717) is 29.8 Å². The molecule has 5 nitrogen and oxygen atoms in total. The smallest absolute Gasteiger partial charge is 0.187 e. The van der Waals surface area contributed by atoms with Crippen LogP contribution in [-0.4, -0.2) is 31.6 Å². The van der Waals surface area contributed by atoms with Gasteiger partial charge in [0, 0.05) is 6.54 Å². The first kappa shape index (κ1) is 16.7. The molecular formula is C15H19N3O2S. The molecule has 2 N–H and O–H groups in total. The summed E-state index contributed by atoms with van der Waals surface area (Å²) in [5.74, 6) is 1.29. The van der Waals surface area contributed by atoms with Gasteiger partial charge in [-0.3, -0.25) is 5.43 Å². The fraction of sp³-hybridized carbons (Fsp3) is 0.200. The molecule has 0 aliphatic rings. The topological polar surface area (TPSA) is 54.9 Å². The van der Waals surface area contributed by atoms with Gasteiger partial charge in [-0.2, -0.15) is 5.10 Å². The number of nitrogens with zero attached hydrogens (tertiary/aromatic N) is 1.